The summed E-state index contributed by atoms with van der Waals surface area (Å²) in [6.07, 6.45) is 2.47. The van der Waals surface area contributed by atoms with E-state index in [1.54, 1.807) is 62.4 Å². The van der Waals surface area contributed by atoms with Crippen LogP contribution in [0.5, 0.6) is 0 Å². The Hall–Kier alpha value is -3.05. The molecule has 0 fully saturated rings. The average Bonchev–Trinajstić information content (AvgIpc) is 2.68. The van der Waals surface area contributed by atoms with Crippen LogP contribution in [0.4, 0.5) is 0 Å². The van der Waals surface area contributed by atoms with Gasteiger partial charge in [-0.15, -0.1) is 0 Å². The minimum atomic E-state index is -0.632. The van der Waals surface area contributed by atoms with E-state index in [-0.39, 0.29) is 18.2 Å². The second kappa shape index (κ2) is 7.68. The molecule has 0 heterocycles. The second-order valence-corrected chi connectivity index (χ2v) is 6.61. The largest absolute Gasteiger partial charge is 0.460 e. The van der Waals surface area contributed by atoms with Gasteiger partial charge in [0.1, 0.15) is 6.61 Å². The van der Waals surface area contributed by atoms with E-state index in [0.717, 1.165) is 0 Å². The van der Waals surface area contributed by atoms with E-state index < -0.39 is 18.0 Å². The van der Waals surface area contributed by atoms with Crippen LogP contribution in [0, 0.1) is 5.92 Å². The van der Waals surface area contributed by atoms with Crippen LogP contribution in [0.3, 0.4) is 0 Å². The van der Waals surface area contributed by atoms with Crippen LogP contribution in [0.25, 0.3) is 0 Å². The number of aliphatic hydroxyl groups is 1. The molecule has 0 amide bonds. The third kappa shape index (κ3) is 3.88. The molecule has 5 heteroatoms. The number of carbonyl (C=O) groups excluding carboxylic acids is 3. The Morgan fingerprint density at radius 3 is 2.19 bits per heavy atom. The Bertz CT molecular complexity index is 939. The SMILES string of the molecule is CC(O)/C=C/C(C)C(=O)OCc1ccc2c(c1)C(=O)c1ccccc1C2=O. The summed E-state index contributed by atoms with van der Waals surface area (Å²) >= 11 is 0. The van der Waals surface area contributed by atoms with Gasteiger partial charge in [0.15, 0.2) is 11.6 Å². The maximum atomic E-state index is 12.7. The molecule has 1 aliphatic carbocycles. The summed E-state index contributed by atoms with van der Waals surface area (Å²) in [4.78, 5) is 37.3. The lowest BCUT2D eigenvalue weighted by atomic mass is 9.83. The van der Waals surface area contributed by atoms with Gasteiger partial charge < -0.3 is 9.84 Å². The Morgan fingerprint density at radius 2 is 1.56 bits per heavy atom. The van der Waals surface area contributed by atoms with Crippen LogP contribution in [0.1, 0.15) is 51.3 Å². The van der Waals surface area contributed by atoms with Gasteiger partial charge in [0, 0.05) is 22.3 Å². The van der Waals surface area contributed by atoms with Crippen molar-refractivity contribution in [2.24, 2.45) is 5.92 Å². The van der Waals surface area contributed by atoms with Crippen LogP contribution in [-0.4, -0.2) is 28.7 Å². The third-order valence-corrected chi connectivity index (χ3v) is 4.42. The van der Waals surface area contributed by atoms with E-state index in [1.165, 1.54) is 6.08 Å². The van der Waals surface area contributed by atoms with E-state index in [0.29, 0.717) is 27.8 Å². The van der Waals surface area contributed by atoms with Gasteiger partial charge in [-0.3, -0.25) is 14.4 Å². The van der Waals surface area contributed by atoms with Crippen molar-refractivity contribution >= 4 is 17.5 Å². The number of hydrogen-bond donors (Lipinski definition) is 1. The molecule has 2 aromatic carbocycles. The molecule has 0 saturated carbocycles. The van der Waals surface area contributed by atoms with E-state index >= 15 is 0 Å². The monoisotopic (exact) mass is 364 g/mol. The Labute approximate surface area is 157 Å². The van der Waals surface area contributed by atoms with E-state index in [9.17, 15) is 19.5 Å². The highest BCUT2D eigenvalue weighted by atomic mass is 16.5. The smallest absolute Gasteiger partial charge is 0.312 e. The third-order valence-electron chi connectivity index (χ3n) is 4.42. The molecule has 0 spiro atoms. The van der Waals surface area contributed by atoms with Gasteiger partial charge in [0.2, 0.25) is 0 Å². The molecule has 3 rings (SSSR count). The molecule has 1 N–H and O–H groups in total. The number of hydrogen-bond acceptors (Lipinski definition) is 5. The first-order valence-electron chi connectivity index (χ1n) is 8.73. The van der Waals surface area contributed by atoms with Gasteiger partial charge in [-0.1, -0.05) is 42.5 Å². The van der Waals surface area contributed by atoms with Crippen molar-refractivity contribution in [1.82, 2.24) is 0 Å². The zero-order valence-corrected chi connectivity index (χ0v) is 15.1. The summed E-state index contributed by atoms with van der Waals surface area (Å²) in [5.74, 6) is -1.31. The molecular formula is C22H20O5. The number of ketones is 2. The lowest BCUT2D eigenvalue weighted by Gasteiger charge is -2.18. The summed E-state index contributed by atoms with van der Waals surface area (Å²) < 4.78 is 5.28. The van der Waals surface area contributed by atoms with Crippen LogP contribution in [0.2, 0.25) is 0 Å². The number of aliphatic hydroxyl groups excluding tert-OH is 1. The molecule has 0 saturated heterocycles. The fourth-order valence-corrected chi connectivity index (χ4v) is 2.93. The van der Waals surface area contributed by atoms with Crippen molar-refractivity contribution < 1.29 is 24.2 Å². The number of benzene rings is 2. The summed E-state index contributed by atoms with van der Waals surface area (Å²) in [7, 11) is 0. The quantitative estimate of drug-likeness (QED) is 0.556. The predicted octanol–water partition coefficient (Wildman–Crippen LogP) is 3.08. The van der Waals surface area contributed by atoms with Gasteiger partial charge in [-0.25, -0.2) is 0 Å². The number of fused-ring (bicyclic) bond motifs is 2. The molecule has 27 heavy (non-hydrogen) atoms. The number of rotatable bonds is 5. The maximum absolute atomic E-state index is 12.7. The van der Waals surface area contributed by atoms with Crippen molar-refractivity contribution in [3.8, 4) is 0 Å². The van der Waals surface area contributed by atoms with Crippen molar-refractivity contribution in [3.63, 3.8) is 0 Å². The molecule has 5 nitrogen and oxygen atoms in total. The van der Waals surface area contributed by atoms with Gasteiger partial charge in [0.25, 0.3) is 0 Å². The number of esters is 1. The molecule has 0 aromatic heterocycles. The number of ether oxygens (including phenoxy) is 1. The molecule has 0 radical (unpaired) electrons. The highest BCUT2D eigenvalue weighted by Crippen LogP contribution is 2.28. The fraction of sp³-hybridized carbons (Fsp3) is 0.227. The van der Waals surface area contributed by atoms with Crippen LogP contribution < -0.4 is 0 Å². The van der Waals surface area contributed by atoms with Crippen molar-refractivity contribution in [3.05, 3.63) is 82.4 Å². The Balaban J connectivity index is 1.76. The molecule has 2 atom stereocenters. The molecule has 2 aromatic rings. The first kappa shape index (κ1) is 18.7. The standard InChI is InChI=1S/C22H20O5/c1-13(7-8-14(2)23)22(26)27-12-15-9-10-18-19(11-15)21(25)17-6-4-3-5-16(17)20(18)24/h3-11,13-14,23H,12H2,1-2H3/b8-7+. The summed E-state index contributed by atoms with van der Waals surface area (Å²) in [6.45, 7) is 3.27. The lowest BCUT2D eigenvalue weighted by Crippen LogP contribution is -2.21. The number of carbonyl (C=O) groups is 3. The Kier molecular flexibility index (Phi) is 5.33. The van der Waals surface area contributed by atoms with Crippen molar-refractivity contribution in [2.45, 2.75) is 26.6 Å². The lowest BCUT2D eigenvalue weighted by molar-refractivity contribution is -0.147. The summed E-state index contributed by atoms with van der Waals surface area (Å²) in [6, 6.07) is 11.6. The second-order valence-electron chi connectivity index (χ2n) is 6.61. The predicted molar refractivity (Wildman–Crippen MR) is 99.5 cm³/mol. The van der Waals surface area contributed by atoms with E-state index in [4.69, 9.17) is 4.74 Å². The molecule has 1 aliphatic rings. The van der Waals surface area contributed by atoms with Crippen molar-refractivity contribution in [1.29, 1.82) is 0 Å². The minimum Gasteiger partial charge on any atom is -0.460 e. The molecule has 2 unspecified atom stereocenters. The topological polar surface area (TPSA) is 80.7 Å². The normalized spacial score (nSPS) is 15.2. The molecule has 138 valence electrons. The first-order valence-corrected chi connectivity index (χ1v) is 8.73. The fourth-order valence-electron chi connectivity index (χ4n) is 2.93. The summed E-state index contributed by atoms with van der Waals surface area (Å²) in [5.41, 5.74) is 2.12. The highest BCUT2D eigenvalue weighted by Gasteiger charge is 2.29. The first-order chi connectivity index (χ1) is 12.9. The van der Waals surface area contributed by atoms with Crippen LogP contribution >= 0.6 is 0 Å². The highest BCUT2D eigenvalue weighted by molar-refractivity contribution is 6.28. The van der Waals surface area contributed by atoms with Gasteiger partial charge in [0.05, 0.1) is 12.0 Å². The van der Waals surface area contributed by atoms with Crippen LogP contribution in [0.15, 0.2) is 54.6 Å². The Morgan fingerprint density at radius 1 is 0.963 bits per heavy atom. The molecule has 0 aliphatic heterocycles. The molecule has 0 bridgehead atoms. The van der Waals surface area contributed by atoms with E-state index in [2.05, 4.69) is 0 Å². The van der Waals surface area contributed by atoms with E-state index in [1.807, 2.05) is 0 Å². The zero-order chi connectivity index (χ0) is 19.6. The summed E-state index contributed by atoms with van der Waals surface area (Å²) in [5, 5.41) is 9.22. The van der Waals surface area contributed by atoms with Crippen molar-refractivity contribution in [2.75, 3.05) is 0 Å². The van der Waals surface area contributed by atoms with Gasteiger partial charge >= 0.3 is 5.97 Å². The van der Waals surface area contributed by atoms with Crippen LogP contribution in [-0.2, 0) is 16.1 Å². The maximum Gasteiger partial charge on any atom is 0.312 e. The van der Waals surface area contributed by atoms with Gasteiger partial charge in [-0.05, 0) is 31.5 Å². The average molecular weight is 364 g/mol. The van der Waals surface area contributed by atoms with Gasteiger partial charge in [-0.2, -0.15) is 0 Å². The zero-order valence-electron chi connectivity index (χ0n) is 15.1. The minimum absolute atomic E-state index is 0.00207. The molecular weight excluding hydrogens is 344 g/mol.